The minimum absolute atomic E-state index is 0.488. The quantitative estimate of drug-likeness (QED) is 0.912. The van der Waals surface area contributed by atoms with Crippen molar-refractivity contribution in [2.45, 2.75) is 38.7 Å². The topological polar surface area (TPSA) is 23.5 Å². The molecule has 1 aromatic heterocycles. The van der Waals surface area contributed by atoms with Crippen LogP contribution in [-0.4, -0.2) is 35.2 Å². The van der Waals surface area contributed by atoms with Crippen LogP contribution in [0.25, 0.3) is 0 Å². The lowest BCUT2D eigenvalue weighted by Crippen LogP contribution is -2.46. The lowest BCUT2D eigenvalue weighted by Gasteiger charge is -2.38. The first kappa shape index (κ1) is 14.5. The summed E-state index contributed by atoms with van der Waals surface area (Å²) in [5.74, 6) is 0.712. The van der Waals surface area contributed by atoms with Gasteiger partial charge >= 0.3 is 0 Å². The second kappa shape index (κ2) is 6.04. The molecule has 1 aliphatic heterocycles. The Labute approximate surface area is 122 Å². The summed E-state index contributed by atoms with van der Waals surface area (Å²) in [7, 11) is 0. The maximum absolute atomic E-state index is 10.7. The van der Waals surface area contributed by atoms with Gasteiger partial charge in [0.25, 0.3) is 0 Å². The molecule has 102 valence electrons. The molecule has 4 heteroatoms. The molecule has 1 saturated heterocycles. The van der Waals surface area contributed by atoms with Crippen molar-refractivity contribution in [3.8, 4) is 0 Å². The minimum Gasteiger partial charge on any atom is -0.389 e. The predicted molar refractivity (Wildman–Crippen MR) is 81.2 cm³/mol. The van der Waals surface area contributed by atoms with Crippen LogP contribution in [0, 0.1) is 5.92 Å². The van der Waals surface area contributed by atoms with E-state index in [9.17, 15) is 5.11 Å². The van der Waals surface area contributed by atoms with Gasteiger partial charge in [-0.15, -0.1) is 11.3 Å². The molecular formula is C14H22BrNOS. The van der Waals surface area contributed by atoms with E-state index >= 15 is 0 Å². The van der Waals surface area contributed by atoms with E-state index in [0.717, 1.165) is 43.4 Å². The third-order valence-corrected chi connectivity index (χ3v) is 5.23. The Morgan fingerprint density at radius 3 is 2.61 bits per heavy atom. The Balaban J connectivity index is 1.87. The number of likely N-dealkylation sites (tertiary alicyclic amines) is 1. The van der Waals surface area contributed by atoms with Crippen LogP contribution >= 0.6 is 27.3 Å². The highest BCUT2D eigenvalue weighted by molar-refractivity contribution is 9.10. The number of nitrogens with zero attached hydrogens (tertiary/aromatic N) is 1. The summed E-state index contributed by atoms with van der Waals surface area (Å²) >= 11 is 5.20. The number of hydrogen-bond acceptors (Lipinski definition) is 3. The van der Waals surface area contributed by atoms with Crippen molar-refractivity contribution in [2.75, 3.05) is 19.6 Å². The van der Waals surface area contributed by atoms with Crippen LogP contribution < -0.4 is 0 Å². The number of thiophene rings is 1. The first-order valence-electron chi connectivity index (χ1n) is 6.64. The van der Waals surface area contributed by atoms with Gasteiger partial charge in [0, 0.05) is 40.8 Å². The van der Waals surface area contributed by atoms with Gasteiger partial charge in [-0.2, -0.15) is 0 Å². The van der Waals surface area contributed by atoms with Gasteiger partial charge in [-0.05, 0) is 40.8 Å². The summed E-state index contributed by atoms with van der Waals surface area (Å²) in [6, 6.07) is 2.13. The van der Waals surface area contributed by atoms with Gasteiger partial charge in [0.1, 0.15) is 0 Å². The Morgan fingerprint density at radius 1 is 1.44 bits per heavy atom. The first-order chi connectivity index (χ1) is 8.47. The second-order valence-electron chi connectivity index (χ2n) is 5.83. The summed E-state index contributed by atoms with van der Waals surface area (Å²) in [4.78, 5) is 3.76. The lowest BCUT2D eigenvalue weighted by atomic mass is 9.87. The number of hydrogen-bond donors (Lipinski definition) is 1. The summed E-state index contributed by atoms with van der Waals surface area (Å²) < 4.78 is 1.13. The van der Waals surface area contributed by atoms with E-state index in [1.54, 1.807) is 11.3 Å². The fourth-order valence-electron chi connectivity index (χ4n) is 2.62. The molecule has 0 atom stereocenters. The summed E-state index contributed by atoms with van der Waals surface area (Å²) in [6.07, 6.45) is 2.60. The Hall–Kier alpha value is 0.1000. The van der Waals surface area contributed by atoms with E-state index in [0.29, 0.717) is 5.92 Å². The molecule has 0 aliphatic carbocycles. The average molecular weight is 332 g/mol. The highest BCUT2D eigenvalue weighted by Gasteiger charge is 2.32. The molecule has 1 aliphatic rings. The Bertz CT molecular complexity index is 383. The molecule has 1 aromatic rings. The molecule has 2 heterocycles. The van der Waals surface area contributed by atoms with Gasteiger partial charge in [0.2, 0.25) is 0 Å². The molecule has 0 bridgehead atoms. The maximum Gasteiger partial charge on any atom is 0.0720 e. The standard InChI is InChI=1S/C14H22BrNOS/c1-11(2)9-16-5-3-14(17,4-6-16)8-13-7-12(15)10-18-13/h7,10-11,17H,3-6,8-9H2,1-2H3. The van der Waals surface area contributed by atoms with Gasteiger partial charge in [-0.3, -0.25) is 0 Å². The molecule has 0 amide bonds. The number of halogens is 1. The van der Waals surface area contributed by atoms with E-state index < -0.39 is 5.60 Å². The zero-order chi connectivity index (χ0) is 13.2. The van der Waals surface area contributed by atoms with Crippen LogP contribution in [0.4, 0.5) is 0 Å². The van der Waals surface area contributed by atoms with Crippen LogP contribution in [0.5, 0.6) is 0 Å². The van der Waals surface area contributed by atoms with Crippen LogP contribution in [0.15, 0.2) is 15.9 Å². The van der Waals surface area contributed by atoms with Gasteiger partial charge in [-0.25, -0.2) is 0 Å². The van der Waals surface area contributed by atoms with E-state index in [1.165, 1.54) is 4.88 Å². The number of aliphatic hydroxyl groups is 1. The zero-order valence-electron chi connectivity index (χ0n) is 11.2. The first-order valence-corrected chi connectivity index (χ1v) is 8.32. The molecule has 0 radical (unpaired) electrons. The van der Waals surface area contributed by atoms with Gasteiger partial charge < -0.3 is 10.0 Å². The van der Waals surface area contributed by atoms with Crippen molar-refractivity contribution in [1.29, 1.82) is 0 Å². The molecule has 0 spiro atoms. The molecular weight excluding hydrogens is 310 g/mol. The van der Waals surface area contributed by atoms with Gasteiger partial charge in [-0.1, -0.05) is 13.8 Å². The molecule has 1 fully saturated rings. The third kappa shape index (κ3) is 4.05. The molecule has 0 aromatic carbocycles. The van der Waals surface area contributed by atoms with Crippen LogP contribution in [0.1, 0.15) is 31.6 Å². The Morgan fingerprint density at radius 2 is 2.11 bits per heavy atom. The minimum atomic E-state index is -0.488. The summed E-state index contributed by atoms with van der Waals surface area (Å²) in [5.41, 5.74) is -0.488. The SMILES string of the molecule is CC(C)CN1CCC(O)(Cc2cc(Br)cs2)CC1. The lowest BCUT2D eigenvalue weighted by molar-refractivity contribution is -0.0221. The summed E-state index contributed by atoms with van der Waals surface area (Å²) in [5, 5.41) is 12.7. The van der Waals surface area contributed by atoms with E-state index in [1.807, 2.05) is 0 Å². The molecule has 0 saturated carbocycles. The maximum atomic E-state index is 10.7. The number of rotatable bonds is 4. The highest BCUT2D eigenvalue weighted by atomic mass is 79.9. The largest absolute Gasteiger partial charge is 0.389 e. The van der Waals surface area contributed by atoms with Crippen LogP contribution in [-0.2, 0) is 6.42 Å². The van der Waals surface area contributed by atoms with Crippen molar-refractivity contribution in [3.05, 3.63) is 20.8 Å². The molecule has 2 rings (SSSR count). The highest BCUT2D eigenvalue weighted by Crippen LogP contribution is 2.30. The zero-order valence-corrected chi connectivity index (χ0v) is 13.6. The van der Waals surface area contributed by atoms with E-state index in [4.69, 9.17) is 0 Å². The monoisotopic (exact) mass is 331 g/mol. The van der Waals surface area contributed by atoms with Crippen molar-refractivity contribution in [3.63, 3.8) is 0 Å². The molecule has 1 N–H and O–H groups in total. The predicted octanol–water partition coefficient (Wildman–Crippen LogP) is 3.54. The van der Waals surface area contributed by atoms with Crippen molar-refractivity contribution in [2.24, 2.45) is 5.92 Å². The third-order valence-electron chi connectivity index (χ3n) is 3.54. The van der Waals surface area contributed by atoms with E-state index in [-0.39, 0.29) is 0 Å². The van der Waals surface area contributed by atoms with Crippen LogP contribution in [0.3, 0.4) is 0 Å². The smallest absolute Gasteiger partial charge is 0.0720 e. The summed E-state index contributed by atoms with van der Waals surface area (Å²) in [6.45, 7) is 7.72. The second-order valence-corrected chi connectivity index (χ2v) is 7.74. The Kier molecular flexibility index (Phi) is 4.86. The fraction of sp³-hybridized carbons (Fsp3) is 0.714. The molecule has 0 unspecified atom stereocenters. The van der Waals surface area contributed by atoms with Gasteiger partial charge in [0.15, 0.2) is 0 Å². The van der Waals surface area contributed by atoms with E-state index in [2.05, 4.69) is 46.1 Å². The number of piperidine rings is 1. The molecule has 2 nitrogen and oxygen atoms in total. The van der Waals surface area contributed by atoms with Crippen LogP contribution in [0.2, 0.25) is 0 Å². The molecule has 18 heavy (non-hydrogen) atoms. The fourth-order valence-corrected chi connectivity index (χ4v) is 4.20. The normalized spacial score (nSPS) is 20.5. The average Bonchev–Trinajstić information content (AvgIpc) is 2.67. The van der Waals surface area contributed by atoms with Crippen molar-refractivity contribution < 1.29 is 5.11 Å². The van der Waals surface area contributed by atoms with Crippen molar-refractivity contribution >= 4 is 27.3 Å². The van der Waals surface area contributed by atoms with Gasteiger partial charge in [0.05, 0.1) is 5.60 Å². The van der Waals surface area contributed by atoms with Crippen molar-refractivity contribution in [1.82, 2.24) is 4.90 Å².